The molecular weight excluding hydrogens is 773 g/mol. The Labute approximate surface area is 370 Å². The first-order valence-electron chi connectivity index (χ1n) is 22.2. The topological polar surface area (TPSA) is 9.86 Å². The van der Waals surface area contributed by atoms with Crippen LogP contribution in [0.2, 0.25) is 0 Å². The van der Waals surface area contributed by atoms with Crippen molar-refractivity contribution in [3.8, 4) is 67.0 Å². The van der Waals surface area contributed by atoms with E-state index < -0.39 is 0 Å². The molecule has 0 aliphatic heterocycles. The minimum absolute atomic E-state index is 1.16. The van der Waals surface area contributed by atoms with Gasteiger partial charge in [-0.05, 0) is 109 Å². The van der Waals surface area contributed by atoms with Gasteiger partial charge in [0.15, 0.2) is 0 Å². The fourth-order valence-electron chi connectivity index (χ4n) is 11.1. The van der Waals surface area contributed by atoms with Crippen LogP contribution in [0.5, 0.6) is 0 Å². The first kappa shape index (κ1) is 35.2. The van der Waals surface area contributed by atoms with Gasteiger partial charge in [-0.25, -0.2) is 0 Å². The molecule has 0 N–H and O–H groups in total. The fraction of sp³-hybridized carbons (Fsp3) is 0. The molecule has 1 aliphatic carbocycles. The summed E-state index contributed by atoms with van der Waals surface area (Å²) < 4.78 is 4.94. The molecule has 0 amide bonds. The number of para-hydroxylation sites is 3. The molecule has 1 aliphatic rings. The van der Waals surface area contributed by atoms with Gasteiger partial charge < -0.3 is 9.13 Å². The second kappa shape index (κ2) is 13.5. The predicted octanol–water partition coefficient (Wildman–Crippen LogP) is 16.8. The molecule has 2 heterocycles. The van der Waals surface area contributed by atoms with Gasteiger partial charge in [-0.15, -0.1) is 0 Å². The Kier molecular flexibility index (Phi) is 7.43. The smallest absolute Gasteiger partial charge is 0.0619 e. The van der Waals surface area contributed by atoms with Crippen molar-refractivity contribution in [3.05, 3.63) is 231 Å². The third kappa shape index (κ3) is 4.96. The van der Waals surface area contributed by atoms with Crippen LogP contribution in [0.15, 0.2) is 231 Å². The van der Waals surface area contributed by atoms with E-state index >= 15 is 0 Å². The Morgan fingerprint density at radius 2 is 0.797 bits per heavy atom. The van der Waals surface area contributed by atoms with Crippen LogP contribution in [0.3, 0.4) is 0 Å². The highest BCUT2D eigenvalue weighted by Gasteiger charge is 2.24. The van der Waals surface area contributed by atoms with Crippen molar-refractivity contribution in [2.75, 3.05) is 0 Å². The average Bonchev–Trinajstić information content (AvgIpc) is 4.00. The lowest BCUT2D eigenvalue weighted by atomic mass is 9.89. The molecule has 14 rings (SSSR count). The van der Waals surface area contributed by atoms with Crippen molar-refractivity contribution in [2.45, 2.75) is 0 Å². The summed E-state index contributed by atoms with van der Waals surface area (Å²) in [6.07, 6.45) is 0. The quantitative estimate of drug-likeness (QED) is 0.164. The Morgan fingerprint density at radius 3 is 1.62 bits per heavy atom. The first-order chi connectivity index (χ1) is 31.8. The van der Waals surface area contributed by atoms with Crippen LogP contribution < -0.4 is 0 Å². The number of hydrogen-bond donors (Lipinski definition) is 0. The average molecular weight is 811 g/mol. The Morgan fingerprint density at radius 1 is 0.250 bits per heavy atom. The lowest BCUT2D eigenvalue weighted by molar-refractivity contribution is 1.18. The molecule has 2 heteroatoms. The Hall–Kier alpha value is -8.46. The van der Waals surface area contributed by atoms with Crippen LogP contribution in [0.25, 0.3) is 132 Å². The number of hydrogen-bond acceptors (Lipinski definition) is 0. The number of fused-ring (bicyclic) bond motifs is 11. The van der Waals surface area contributed by atoms with E-state index in [0.29, 0.717) is 0 Å². The van der Waals surface area contributed by atoms with E-state index in [2.05, 4.69) is 240 Å². The van der Waals surface area contributed by atoms with Gasteiger partial charge in [-0.2, -0.15) is 0 Å². The molecule has 296 valence electrons. The van der Waals surface area contributed by atoms with Crippen LogP contribution in [-0.2, 0) is 0 Å². The molecule has 64 heavy (non-hydrogen) atoms. The van der Waals surface area contributed by atoms with E-state index in [1.165, 1.54) is 121 Å². The van der Waals surface area contributed by atoms with Gasteiger partial charge in [0.1, 0.15) is 0 Å². The van der Waals surface area contributed by atoms with E-state index in [0.717, 1.165) is 11.4 Å². The fourth-order valence-corrected chi connectivity index (χ4v) is 11.1. The van der Waals surface area contributed by atoms with Crippen LogP contribution in [0.4, 0.5) is 0 Å². The molecule has 0 unspecified atom stereocenters. The number of rotatable bonds is 5. The highest BCUT2D eigenvalue weighted by molar-refractivity contribution is 6.21. The summed E-state index contributed by atoms with van der Waals surface area (Å²) in [5.74, 6) is 0. The molecule has 0 spiro atoms. The SMILES string of the molecule is c1ccc(-n2c3ccc(-c4ccc5c6ccccc6n(-c6ccccc6-c6ccccc6-c6ccc7c8c(cccc68)-c6ccccc6-7)c5c4)cc3c3ccc4ccccc4c32)cc1. The van der Waals surface area contributed by atoms with E-state index in [-0.39, 0.29) is 0 Å². The van der Waals surface area contributed by atoms with Crippen LogP contribution >= 0.6 is 0 Å². The highest BCUT2D eigenvalue weighted by atomic mass is 15.0. The summed E-state index contributed by atoms with van der Waals surface area (Å²) in [6.45, 7) is 0. The summed E-state index contributed by atoms with van der Waals surface area (Å²) in [7, 11) is 0. The largest absolute Gasteiger partial charge is 0.309 e. The second-order valence-corrected chi connectivity index (χ2v) is 17.2. The maximum atomic E-state index is 2.50. The lowest BCUT2D eigenvalue weighted by Crippen LogP contribution is -1.98. The number of nitrogens with zero attached hydrogens (tertiary/aromatic N) is 2. The minimum Gasteiger partial charge on any atom is -0.309 e. The van der Waals surface area contributed by atoms with Gasteiger partial charge in [-0.1, -0.05) is 188 Å². The molecule has 0 atom stereocenters. The molecule has 0 fully saturated rings. The van der Waals surface area contributed by atoms with Gasteiger partial charge in [0.2, 0.25) is 0 Å². The summed E-state index contributed by atoms with van der Waals surface area (Å²) >= 11 is 0. The van der Waals surface area contributed by atoms with Gasteiger partial charge in [0.05, 0.1) is 27.8 Å². The van der Waals surface area contributed by atoms with E-state index in [9.17, 15) is 0 Å². The first-order valence-corrected chi connectivity index (χ1v) is 22.2. The van der Waals surface area contributed by atoms with Crippen molar-refractivity contribution in [3.63, 3.8) is 0 Å². The van der Waals surface area contributed by atoms with Crippen LogP contribution in [0.1, 0.15) is 0 Å². The third-order valence-electron chi connectivity index (χ3n) is 13.9. The van der Waals surface area contributed by atoms with Crippen molar-refractivity contribution in [1.29, 1.82) is 0 Å². The zero-order chi connectivity index (χ0) is 41.9. The van der Waals surface area contributed by atoms with Crippen molar-refractivity contribution in [1.82, 2.24) is 9.13 Å². The van der Waals surface area contributed by atoms with Crippen LogP contribution in [-0.4, -0.2) is 9.13 Å². The molecule has 2 aromatic heterocycles. The highest BCUT2D eigenvalue weighted by Crippen LogP contribution is 2.50. The maximum Gasteiger partial charge on any atom is 0.0619 e. The molecule has 13 aromatic rings. The standard InChI is InChI=1S/C62H38N2/c1-2-16-42(17-3-1)63-59-36-31-40(37-56(59)55-33-29-39-15-4-5-18-43(39)62(55)63)41-30-32-51-50-24-11-13-28-58(50)64(60(51)38-41)57-27-12-10-23-49(57)45-20-7-6-19-44(45)48-34-35-54-47-22-9-8-21-46(47)52-25-14-26-53(48)61(52)54/h1-38H. The Balaban J connectivity index is 0.969. The maximum absolute atomic E-state index is 2.50. The molecule has 2 nitrogen and oxygen atoms in total. The molecular formula is C62H38N2. The van der Waals surface area contributed by atoms with E-state index in [1.807, 2.05) is 0 Å². The number of aromatic nitrogens is 2. The van der Waals surface area contributed by atoms with Crippen molar-refractivity contribution in [2.24, 2.45) is 0 Å². The van der Waals surface area contributed by atoms with E-state index in [1.54, 1.807) is 0 Å². The summed E-state index contributed by atoms with van der Waals surface area (Å²) in [5, 5.41) is 10.1. The minimum atomic E-state index is 1.16. The zero-order valence-corrected chi connectivity index (χ0v) is 34.8. The zero-order valence-electron chi connectivity index (χ0n) is 34.8. The van der Waals surface area contributed by atoms with Gasteiger partial charge in [0, 0.05) is 38.2 Å². The van der Waals surface area contributed by atoms with Crippen LogP contribution in [0, 0.1) is 0 Å². The normalized spacial score (nSPS) is 12.1. The Bertz CT molecular complexity index is 4040. The van der Waals surface area contributed by atoms with Gasteiger partial charge in [-0.3, -0.25) is 0 Å². The lowest BCUT2D eigenvalue weighted by Gasteiger charge is -2.18. The van der Waals surface area contributed by atoms with Gasteiger partial charge >= 0.3 is 0 Å². The molecule has 0 saturated heterocycles. The molecule has 0 saturated carbocycles. The number of benzene rings is 11. The molecule has 0 radical (unpaired) electrons. The monoisotopic (exact) mass is 810 g/mol. The van der Waals surface area contributed by atoms with Crippen molar-refractivity contribution >= 4 is 65.2 Å². The summed E-state index contributed by atoms with van der Waals surface area (Å²) in [6, 6.07) is 85.3. The van der Waals surface area contributed by atoms with Crippen molar-refractivity contribution < 1.29 is 0 Å². The summed E-state index contributed by atoms with van der Waals surface area (Å²) in [5.41, 5.74) is 19.7. The third-order valence-corrected chi connectivity index (χ3v) is 13.9. The van der Waals surface area contributed by atoms with E-state index in [4.69, 9.17) is 0 Å². The second-order valence-electron chi connectivity index (χ2n) is 17.2. The predicted molar refractivity (Wildman–Crippen MR) is 271 cm³/mol. The molecule has 11 aromatic carbocycles. The van der Waals surface area contributed by atoms with Gasteiger partial charge in [0.25, 0.3) is 0 Å². The molecule has 0 bridgehead atoms. The summed E-state index contributed by atoms with van der Waals surface area (Å²) in [4.78, 5) is 0.